The molecule has 0 amide bonds. The molecular weight excluding hydrogens is 412 g/mol. The lowest BCUT2D eigenvalue weighted by molar-refractivity contribution is -0.138. The van der Waals surface area contributed by atoms with E-state index in [1.807, 2.05) is 0 Å². The van der Waals surface area contributed by atoms with Crippen LogP contribution >= 0.6 is 0 Å². The highest BCUT2D eigenvalue weighted by Gasteiger charge is 2.40. The van der Waals surface area contributed by atoms with Gasteiger partial charge in [0.1, 0.15) is 29.6 Å². The number of nitrogens with one attached hydrogen (secondary N) is 1. The maximum Gasteiger partial charge on any atom is 0.423 e. The van der Waals surface area contributed by atoms with Crippen molar-refractivity contribution < 1.29 is 22.3 Å². The van der Waals surface area contributed by atoms with Gasteiger partial charge in [-0.15, -0.1) is 10.2 Å². The van der Waals surface area contributed by atoms with Gasteiger partial charge in [-0.2, -0.15) is 13.2 Å². The van der Waals surface area contributed by atoms with Gasteiger partial charge >= 0.3 is 6.18 Å². The normalized spacial score (nSPS) is 16.3. The van der Waals surface area contributed by atoms with E-state index in [-0.39, 0.29) is 23.7 Å². The van der Waals surface area contributed by atoms with Crippen molar-refractivity contribution in [2.45, 2.75) is 44.7 Å². The van der Waals surface area contributed by atoms with Gasteiger partial charge in [0.15, 0.2) is 5.65 Å². The summed E-state index contributed by atoms with van der Waals surface area (Å²) in [4.78, 5) is 0. The Morgan fingerprint density at radius 3 is 2.42 bits per heavy atom. The van der Waals surface area contributed by atoms with Gasteiger partial charge in [-0.25, -0.2) is 4.39 Å². The third-order valence-electron chi connectivity index (χ3n) is 5.89. The molecule has 164 valence electrons. The molecule has 0 spiro atoms. The molecule has 1 saturated carbocycles. The molecule has 5 nitrogen and oxygen atoms in total. The van der Waals surface area contributed by atoms with Crippen LogP contribution in [0.1, 0.15) is 43.6 Å². The van der Waals surface area contributed by atoms with Gasteiger partial charge in [-0.05, 0) is 56.4 Å². The Labute approximate surface area is 176 Å². The lowest BCUT2D eigenvalue weighted by Gasteiger charge is -2.30. The maximum atomic E-state index is 14.0. The molecule has 1 aliphatic rings. The Morgan fingerprint density at radius 2 is 1.84 bits per heavy atom. The molecule has 0 bridgehead atoms. The van der Waals surface area contributed by atoms with Crippen molar-refractivity contribution in [1.29, 1.82) is 5.41 Å². The SMILES string of the molecule is CC(=N)[C@](C)(COc1ccn2c(CC3CC3)nnc2c1C(F)(F)F)c1ccc(F)cc1. The predicted octanol–water partition coefficient (Wildman–Crippen LogP) is 5.22. The Bertz CT molecular complexity index is 1120. The molecule has 2 aromatic heterocycles. The van der Waals surface area contributed by atoms with Gasteiger partial charge in [0.25, 0.3) is 0 Å². The summed E-state index contributed by atoms with van der Waals surface area (Å²) < 4.78 is 62.2. The molecule has 1 aromatic carbocycles. The quantitative estimate of drug-likeness (QED) is 0.410. The van der Waals surface area contributed by atoms with Gasteiger partial charge in [0, 0.05) is 18.3 Å². The van der Waals surface area contributed by atoms with E-state index in [1.165, 1.54) is 40.9 Å². The summed E-state index contributed by atoms with van der Waals surface area (Å²) in [5.41, 5.74) is -1.56. The van der Waals surface area contributed by atoms with Crippen LogP contribution in [0.2, 0.25) is 0 Å². The second-order valence-corrected chi connectivity index (χ2v) is 8.26. The monoisotopic (exact) mass is 434 g/mol. The van der Waals surface area contributed by atoms with Gasteiger partial charge in [-0.1, -0.05) is 12.1 Å². The average Bonchev–Trinajstić information content (AvgIpc) is 3.44. The lowest BCUT2D eigenvalue weighted by atomic mass is 9.79. The summed E-state index contributed by atoms with van der Waals surface area (Å²) in [6, 6.07) is 6.78. The molecule has 0 radical (unpaired) electrons. The van der Waals surface area contributed by atoms with Gasteiger partial charge in [-0.3, -0.25) is 4.40 Å². The van der Waals surface area contributed by atoms with Crippen LogP contribution in [0.4, 0.5) is 17.6 Å². The van der Waals surface area contributed by atoms with Crippen LogP contribution in [0.25, 0.3) is 5.65 Å². The zero-order valence-electron chi connectivity index (χ0n) is 17.1. The number of nitrogens with zero attached hydrogens (tertiary/aromatic N) is 3. The largest absolute Gasteiger partial charge is 0.491 e. The molecule has 31 heavy (non-hydrogen) atoms. The number of rotatable bonds is 7. The first-order valence-corrected chi connectivity index (χ1v) is 9.98. The van der Waals surface area contributed by atoms with Crippen LogP contribution in [0.15, 0.2) is 36.5 Å². The molecule has 0 saturated heterocycles. The van der Waals surface area contributed by atoms with E-state index in [2.05, 4.69) is 10.2 Å². The summed E-state index contributed by atoms with van der Waals surface area (Å²) in [5, 5.41) is 15.9. The summed E-state index contributed by atoms with van der Waals surface area (Å²) in [6.07, 6.45) is -0.521. The maximum absolute atomic E-state index is 14.0. The molecule has 0 aliphatic heterocycles. The van der Waals surface area contributed by atoms with Crippen LogP contribution in [-0.4, -0.2) is 26.9 Å². The number of ether oxygens (including phenoxy) is 1. The summed E-state index contributed by atoms with van der Waals surface area (Å²) >= 11 is 0. The van der Waals surface area contributed by atoms with E-state index in [0.29, 0.717) is 23.7 Å². The minimum absolute atomic E-state index is 0.183. The fourth-order valence-corrected chi connectivity index (χ4v) is 3.54. The minimum Gasteiger partial charge on any atom is -0.491 e. The topological polar surface area (TPSA) is 63.3 Å². The Morgan fingerprint density at radius 1 is 1.16 bits per heavy atom. The van der Waals surface area contributed by atoms with E-state index < -0.39 is 23.0 Å². The molecule has 1 fully saturated rings. The smallest absolute Gasteiger partial charge is 0.423 e. The third kappa shape index (κ3) is 4.13. The van der Waals surface area contributed by atoms with Crippen molar-refractivity contribution in [3.05, 3.63) is 59.3 Å². The molecule has 1 N–H and O–H groups in total. The van der Waals surface area contributed by atoms with Crippen LogP contribution in [0.3, 0.4) is 0 Å². The molecule has 9 heteroatoms. The standard InChI is InChI=1S/C22H22F4N4O/c1-13(27)21(2,15-5-7-16(23)8-6-15)12-31-17-9-10-30-18(11-14-3-4-14)28-29-20(30)19(17)22(24,25)26/h5-10,14,27H,3-4,11-12H2,1-2H3/t21-/m0/s1. The minimum atomic E-state index is -4.70. The van der Waals surface area contributed by atoms with Crippen LogP contribution < -0.4 is 4.74 Å². The van der Waals surface area contributed by atoms with Crippen LogP contribution in [-0.2, 0) is 18.0 Å². The number of hydrogen-bond donors (Lipinski definition) is 1. The van der Waals surface area contributed by atoms with Crippen LogP contribution in [0, 0.1) is 17.1 Å². The number of alkyl halides is 3. The Balaban J connectivity index is 1.69. The van der Waals surface area contributed by atoms with Crippen molar-refractivity contribution in [2.24, 2.45) is 5.92 Å². The molecule has 3 aromatic rings. The fourth-order valence-electron chi connectivity index (χ4n) is 3.54. The highest BCUT2D eigenvalue weighted by molar-refractivity contribution is 5.90. The van der Waals surface area contributed by atoms with Crippen molar-refractivity contribution in [2.75, 3.05) is 6.61 Å². The number of aromatic nitrogens is 3. The first kappa shape index (κ1) is 21.3. The van der Waals surface area contributed by atoms with Crippen molar-refractivity contribution in [1.82, 2.24) is 14.6 Å². The fraction of sp³-hybridized carbons (Fsp3) is 0.409. The number of pyridine rings is 1. The van der Waals surface area contributed by atoms with Gasteiger partial charge in [0.05, 0.1) is 5.41 Å². The van der Waals surface area contributed by atoms with E-state index >= 15 is 0 Å². The first-order chi connectivity index (χ1) is 14.6. The third-order valence-corrected chi connectivity index (χ3v) is 5.89. The molecule has 1 aliphatic carbocycles. The summed E-state index contributed by atoms with van der Waals surface area (Å²) in [6.45, 7) is 3.00. The van der Waals surface area contributed by atoms with E-state index in [1.54, 1.807) is 13.8 Å². The zero-order valence-corrected chi connectivity index (χ0v) is 17.1. The second-order valence-electron chi connectivity index (χ2n) is 8.26. The number of benzene rings is 1. The van der Waals surface area contributed by atoms with Crippen LogP contribution in [0.5, 0.6) is 5.75 Å². The zero-order chi connectivity index (χ0) is 22.4. The van der Waals surface area contributed by atoms with E-state index in [4.69, 9.17) is 10.1 Å². The predicted molar refractivity (Wildman–Crippen MR) is 107 cm³/mol. The Kier molecular flexibility index (Phi) is 5.23. The highest BCUT2D eigenvalue weighted by Crippen LogP contribution is 2.40. The average molecular weight is 434 g/mol. The number of hydrogen-bond acceptors (Lipinski definition) is 4. The van der Waals surface area contributed by atoms with E-state index in [9.17, 15) is 17.6 Å². The van der Waals surface area contributed by atoms with Gasteiger partial charge in [0.2, 0.25) is 0 Å². The molecule has 1 atom stereocenters. The molecule has 0 unspecified atom stereocenters. The summed E-state index contributed by atoms with van der Waals surface area (Å²) in [5.74, 6) is 0.138. The second kappa shape index (κ2) is 7.62. The number of halogens is 4. The van der Waals surface area contributed by atoms with E-state index in [0.717, 1.165) is 12.8 Å². The van der Waals surface area contributed by atoms with Crippen molar-refractivity contribution in [3.63, 3.8) is 0 Å². The highest BCUT2D eigenvalue weighted by atomic mass is 19.4. The van der Waals surface area contributed by atoms with Crippen molar-refractivity contribution >= 4 is 11.4 Å². The molecule has 4 rings (SSSR count). The van der Waals surface area contributed by atoms with Gasteiger partial charge < -0.3 is 10.1 Å². The Hall–Kier alpha value is -2.97. The van der Waals surface area contributed by atoms with Crippen molar-refractivity contribution in [3.8, 4) is 5.75 Å². The summed E-state index contributed by atoms with van der Waals surface area (Å²) in [7, 11) is 0. The lowest BCUT2D eigenvalue weighted by Crippen LogP contribution is -2.37. The first-order valence-electron chi connectivity index (χ1n) is 9.98. The molecular formula is C22H22F4N4O. The number of fused-ring (bicyclic) bond motifs is 1. The molecule has 2 heterocycles.